The molecule has 0 aliphatic rings. The molecule has 14 heavy (non-hydrogen) atoms. The maximum absolute atomic E-state index is 11.3. The van der Waals surface area contributed by atoms with E-state index in [0.717, 1.165) is 17.1 Å². The van der Waals surface area contributed by atoms with Crippen LogP contribution in [0, 0.1) is 13.8 Å². The summed E-state index contributed by atoms with van der Waals surface area (Å²) in [5, 5.41) is 6.38. The number of amides is 1. The van der Waals surface area contributed by atoms with E-state index >= 15 is 0 Å². The van der Waals surface area contributed by atoms with Crippen molar-refractivity contribution in [1.82, 2.24) is 10.3 Å². The molecule has 1 rings (SSSR count). The van der Waals surface area contributed by atoms with Gasteiger partial charge < -0.3 is 10.6 Å². The number of rotatable bonds is 4. The summed E-state index contributed by atoms with van der Waals surface area (Å²) >= 11 is 1.51. The van der Waals surface area contributed by atoms with Gasteiger partial charge in [-0.05, 0) is 20.4 Å². The molecule has 0 unspecified atom stereocenters. The van der Waals surface area contributed by atoms with Crippen LogP contribution in [0.4, 0.5) is 5.13 Å². The molecule has 0 fully saturated rings. The van der Waals surface area contributed by atoms with Gasteiger partial charge >= 0.3 is 0 Å². The highest BCUT2D eigenvalue weighted by Crippen LogP contribution is 2.20. The summed E-state index contributed by atoms with van der Waals surface area (Å²) < 4.78 is 0. The highest BCUT2D eigenvalue weighted by Gasteiger charge is 2.06. The van der Waals surface area contributed by atoms with E-state index in [0.29, 0.717) is 11.7 Å². The average molecular weight is 213 g/mol. The lowest BCUT2D eigenvalue weighted by Gasteiger charge is -2.00. The molecule has 0 aliphatic heterocycles. The molecule has 0 bridgehead atoms. The SMILES string of the molecule is CCNCC(=O)Nc1nc(C)c(C)s1. The van der Waals surface area contributed by atoms with Crippen LogP contribution in [0.1, 0.15) is 17.5 Å². The van der Waals surface area contributed by atoms with E-state index in [9.17, 15) is 4.79 Å². The predicted octanol–water partition coefficient (Wildman–Crippen LogP) is 1.31. The van der Waals surface area contributed by atoms with Crippen molar-refractivity contribution in [2.24, 2.45) is 0 Å². The standard InChI is InChI=1S/C9H15N3OS/c1-4-10-5-8(13)12-9-11-6(2)7(3)14-9/h10H,4-5H2,1-3H3,(H,11,12,13). The fraction of sp³-hybridized carbons (Fsp3) is 0.556. The first kappa shape index (κ1) is 11.1. The maximum Gasteiger partial charge on any atom is 0.240 e. The van der Waals surface area contributed by atoms with Crippen LogP contribution in [-0.4, -0.2) is 24.0 Å². The minimum absolute atomic E-state index is 0.0411. The molecule has 1 aromatic heterocycles. The molecule has 78 valence electrons. The van der Waals surface area contributed by atoms with Crippen LogP contribution >= 0.6 is 11.3 Å². The minimum atomic E-state index is -0.0411. The Labute approximate surface area is 87.7 Å². The Morgan fingerprint density at radius 3 is 2.71 bits per heavy atom. The normalized spacial score (nSPS) is 10.2. The monoisotopic (exact) mass is 213 g/mol. The number of thiazole rings is 1. The van der Waals surface area contributed by atoms with Crippen molar-refractivity contribution < 1.29 is 4.79 Å². The van der Waals surface area contributed by atoms with Crippen molar-refractivity contribution in [3.05, 3.63) is 10.6 Å². The third-order valence-electron chi connectivity index (χ3n) is 1.81. The van der Waals surface area contributed by atoms with Gasteiger partial charge in [0.15, 0.2) is 5.13 Å². The number of carbonyl (C=O) groups excluding carboxylic acids is 1. The van der Waals surface area contributed by atoms with Gasteiger partial charge in [-0.2, -0.15) is 0 Å². The molecule has 0 spiro atoms. The molecular formula is C9H15N3OS. The Morgan fingerprint density at radius 2 is 2.21 bits per heavy atom. The molecule has 0 saturated carbocycles. The van der Waals surface area contributed by atoms with Crippen LogP contribution in [0.25, 0.3) is 0 Å². The van der Waals surface area contributed by atoms with Crippen LogP contribution < -0.4 is 10.6 Å². The Bertz CT molecular complexity index is 302. The van der Waals surface area contributed by atoms with Gasteiger partial charge in [0.25, 0.3) is 0 Å². The molecule has 5 heteroatoms. The number of aromatic nitrogens is 1. The third-order valence-corrected chi connectivity index (χ3v) is 2.80. The van der Waals surface area contributed by atoms with Crippen LogP contribution in [0.5, 0.6) is 0 Å². The summed E-state index contributed by atoms with van der Waals surface area (Å²) in [6, 6.07) is 0. The Morgan fingerprint density at radius 1 is 1.50 bits per heavy atom. The van der Waals surface area contributed by atoms with E-state index in [-0.39, 0.29) is 5.91 Å². The van der Waals surface area contributed by atoms with Gasteiger partial charge in [-0.1, -0.05) is 6.92 Å². The van der Waals surface area contributed by atoms with E-state index in [2.05, 4.69) is 15.6 Å². The van der Waals surface area contributed by atoms with Crippen LogP contribution in [0.15, 0.2) is 0 Å². The first-order valence-corrected chi connectivity index (χ1v) is 5.39. The third kappa shape index (κ3) is 3.08. The number of aryl methyl sites for hydroxylation is 2. The topological polar surface area (TPSA) is 54.0 Å². The molecule has 0 atom stereocenters. The molecular weight excluding hydrogens is 198 g/mol. The van der Waals surface area contributed by atoms with Crippen molar-refractivity contribution in [1.29, 1.82) is 0 Å². The minimum Gasteiger partial charge on any atom is -0.309 e. The predicted molar refractivity (Wildman–Crippen MR) is 58.8 cm³/mol. The van der Waals surface area contributed by atoms with Gasteiger partial charge in [-0.3, -0.25) is 4.79 Å². The number of likely N-dealkylation sites (N-methyl/N-ethyl adjacent to an activating group) is 1. The van der Waals surface area contributed by atoms with Crippen molar-refractivity contribution >= 4 is 22.4 Å². The van der Waals surface area contributed by atoms with Gasteiger partial charge in [-0.25, -0.2) is 4.98 Å². The number of nitrogens with zero attached hydrogens (tertiary/aromatic N) is 1. The summed E-state index contributed by atoms with van der Waals surface area (Å²) in [4.78, 5) is 16.6. The molecule has 0 aliphatic carbocycles. The lowest BCUT2D eigenvalue weighted by atomic mass is 10.4. The molecule has 0 aromatic carbocycles. The molecule has 2 N–H and O–H groups in total. The second kappa shape index (κ2) is 5.07. The number of hydrogen-bond donors (Lipinski definition) is 2. The molecule has 0 radical (unpaired) electrons. The van der Waals surface area contributed by atoms with E-state index in [1.54, 1.807) is 0 Å². The van der Waals surface area contributed by atoms with Gasteiger partial charge in [0.05, 0.1) is 12.2 Å². The molecule has 4 nitrogen and oxygen atoms in total. The Hall–Kier alpha value is -0.940. The highest BCUT2D eigenvalue weighted by molar-refractivity contribution is 7.15. The van der Waals surface area contributed by atoms with Crippen LogP contribution in [0.2, 0.25) is 0 Å². The van der Waals surface area contributed by atoms with Crippen molar-refractivity contribution in [3.63, 3.8) is 0 Å². The first-order valence-electron chi connectivity index (χ1n) is 4.58. The van der Waals surface area contributed by atoms with Gasteiger partial charge in [0.1, 0.15) is 0 Å². The summed E-state index contributed by atoms with van der Waals surface area (Å²) in [5.41, 5.74) is 0.980. The van der Waals surface area contributed by atoms with Gasteiger partial charge in [0.2, 0.25) is 5.91 Å². The van der Waals surface area contributed by atoms with Crippen molar-refractivity contribution in [3.8, 4) is 0 Å². The smallest absolute Gasteiger partial charge is 0.240 e. The van der Waals surface area contributed by atoms with Gasteiger partial charge in [-0.15, -0.1) is 11.3 Å². The Balaban J connectivity index is 2.48. The molecule has 1 amide bonds. The zero-order chi connectivity index (χ0) is 10.6. The second-order valence-electron chi connectivity index (χ2n) is 2.99. The van der Waals surface area contributed by atoms with E-state index in [1.807, 2.05) is 20.8 Å². The number of anilines is 1. The Kier molecular flexibility index (Phi) is 4.03. The molecule has 0 saturated heterocycles. The molecule has 1 aromatic rings. The zero-order valence-electron chi connectivity index (χ0n) is 8.68. The first-order chi connectivity index (χ1) is 6.63. The second-order valence-corrected chi connectivity index (χ2v) is 4.19. The zero-order valence-corrected chi connectivity index (χ0v) is 9.49. The summed E-state index contributed by atoms with van der Waals surface area (Å²) in [5.74, 6) is -0.0411. The molecule has 1 heterocycles. The van der Waals surface area contributed by atoms with E-state index < -0.39 is 0 Å². The maximum atomic E-state index is 11.3. The fourth-order valence-corrected chi connectivity index (χ4v) is 1.76. The lowest BCUT2D eigenvalue weighted by molar-refractivity contribution is -0.115. The van der Waals surface area contributed by atoms with Crippen LogP contribution in [-0.2, 0) is 4.79 Å². The van der Waals surface area contributed by atoms with Gasteiger partial charge in [0, 0.05) is 4.88 Å². The largest absolute Gasteiger partial charge is 0.309 e. The summed E-state index contributed by atoms with van der Waals surface area (Å²) in [6.07, 6.45) is 0. The van der Waals surface area contributed by atoms with Crippen molar-refractivity contribution in [2.75, 3.05) is 18.4 Å². The van der Waals surface area contributed by atoms with E-state index in [1.165, 1.54) is 11.3 Å². The number of carbonyl (C=O) groups is 1. The fourth-order valence-electron chi connectivity index (χ4n) is 0.928. The van der Waals surface area contributed by atoms with Crippen LogP contribution in [0.3, 0.4) is 0 Å². The average Bonchev–Trinajstić information content (AvgIpc) is 2.42. The number of hydrogen-bond acceptors (Lipinski definition) is 4. The number of nitrogens with one attached hydrogen (secondary N) is 2. The highest BCUT2D eigenvalue weighted by atomic mass is 32.1. The quantitative estimate of drug-likeness (QED) is 0.793. The summed E-state index contributed by atoms with van der Waals surface area (Å²) in [7, 11) is 0. The summed E-state index contributed by atoms with van der Waals surface area (Å²) in [6.45, 7) is 7.03. The lowest BCUT2D eigenvalue weighted by Crippen LogP contribution is -2.27. The van der Waals surface area contributed by atoms with Crippen molar-refractivity contribution in [2.45, 2.75) is 20.8 Å². The van der Waals surface area contributed by atoms with E-state index in [4.69, 9.17) is 0 Å².